The van der Waals surface area contributed by atoms with Gasteiger partial charge in [-0.1, -0.05) is 59.8 Å². The Kier molecular flexibility index (Phi) is 6.84. The van der Waals surface area contributed by atoms with Crippen LogP contribution in [0.15, 0.2) is 59.8 Å². The second-order valence-corrected chi connectivity index (χ2v) is 8.80. The van der Waals surface area contributed by atoms with Gasteiger partial charge in [0, 0.05) is 36.5 Å². The number of para-hydroxylation sites is 1. The van der Waals surface area contributed by atoms with Crippen LogP contribution in [0.4, 0.5) is 0 Å². The third-order valence-electron chi connectivity index (χ3n) is 5.43. The number of nitrogens with zero attached hydrogens (tertiary/aromatic N) is 4. The lowest BCUT2D eigenvalue weighted by Crippen LogP contribution is -2.27. The molecule has 1 fully saturated rings. The number of benzene rings is 2. The SMILES string of the molecule is Cc1ccc(-c2nnc(SCCCCC(=O)N3CCCC3)n2-c2ccccc2)cc1. The van der Waals surface area contributed by atoms with Crippen molar-refractivity contribution in [1.82, 2.24) is 19.7 Å². The number of thioether (sulfide) groups is 1. The molecule has 0 unspecified atom stereocenters. The minimum absolute atomic E-state index is 0.312. The lowest BCUT2D eigenvalue weighted by Gasteiger charge is -2.14. The zero-order valence-electron chi connectivity index (χ0n) is 17.5. The van der Waals surface area contributed by atoms with E-state index in [0.717, 1.165) is 66.8 Å². The summed E-state index contributed by atoms with van der Waals surface area (Å²) in [5.74, 6) is 2.09. The van der Waals surface area contributed by atoms with Crippen molar-refractivity contribution in [3.05, 3.63) is 60.2 Å². The molecule has 156 valence electrons. The molecule has 1 aromatic heterocycles. The van der Waals surface area contributed by atoms with Gasteiger partial charge in [-0.3, -0.25) is 9.36 Å². The van der Waals surface area contributed by atoms with Gasteiger partial charge in [-0.2, -0.15) is 0 Å². The molecule has 3 aromatic rings. The zero-order chi connectivity index (χ0) is 20.8. The van der Waals surface area contributed by atoms with Gasteiger partial charge in [0.1, 0.15) is 0 Å². The molecule has 4 rings (SSSR count). The van der Waals surface area contributed by atoms with Crippen LogP contribution < -0.4 is 0 Å². The summed E-state index contributed by atoms with van der Waals surface area (Å²) in [7, 11) is 0. The second-order valence-electron chi connectivity index (χ2n) is 7.74. The normalized spacial score (nSPS) is 13.7. The average molecular weight is 421 g/mol. The number of unbranched alkanes of at least 4 members (excludes halogenated alkanes) is 1. The number of carbonyl (C=O) groups is 1. The average Bonchev–Trinajstić information content (AvgIpc) is 3.45. The number of hydrogen-bond acceptors (Lipinski definition) is 4. The summed E-state index contributed by atoms with van der Waals surface area (Å²) >= 11 is 1.71. The molecule has 0 radical (unpaired) electrons. The van der Waals surface area contributed by atoms with Gasteiger partial charge >= 0.3 is 0 Å². The van der Waals surface area contributed by atoms with E-state index < -0.39 is 0 Å². The van der Waals surface area contributed by atoms with Crippen molar-refractivity contribution in [3.8, 4) is 17.1 Å². The number of carbonyl (C=O) groups excluding carboxylic acids is 1. The third-order valence-corrected chi connectivity index (χ3v) is 6.45. The van der Waals surface area contributed by atoms with Crippen LogP contribution in [0, 0.1) is 6.92 Å². The maximum absolute atomic E-state index is 12.2. The van der Waals surface area contributed by atoms with Crippen molar-refractivity contribution < 1.29 is 4.79 Å². The topological polar surface area (TPSA) is 51.0 Å². The van der Waals surface area contributed by atoms with Crippen molar-refractivity contribution in [2.24, 2.45) is 0 Å². The first-order chi connectivity index (χ1) is 14.7. The van der Waals surface area contributed by atoms with Gasteiger partial charge in [-0.15, -0.1) is 10.2 Å². The second kappa shape index (κ2) is 9.94. The fourth-order valence-corrected chi connectivity index (χ4v) is 4.68. The molecule has 0 bridgehead atoms. The Hall–Kier alpha value is -2.60. The molecule has 1 amide bonds. The molecule has 1 aliphatic rings. The van der Waals surface area contributed by atoms with Crippen LogP contribution in [0.5, 0.6) is 0 Å². The summed E-state index contributed by atoms with van der Waals surface area (Å²) in [6.45, 7) is 3.96. The Balaban J connectivity index is 1.42. The lowest BCUT2D eigenvalue weighted by molar-refractivity contribution is -0.130. The molecule has 30 heavy (non-hydrogen) atoms. The number of aryl methyl sites for hydroxylation is 1. The molecular weight excluding hydrogens is 392 g/mol. The summed E-state index contributed by atoms with van der Waals surface area (Å²) in [6, 6.07) is 18.6. The number of rotatable bonds is 8. The van der Waals surface area contributed by atoms with E-state index >= 15 is 0 Å². The smallest absolute Gasteiger partial charge is 0.222 e. The van der Waals surface area contributed by atoms with Crippen LogP contribution in [-0.2, 0) is 4.79 Å². The van der Waals surface area contributed by atoms with Gasteiger partial charge < -0.3 is 4.90 Å². The van der Waals surface area contributed by atoms with Gasteiger partial charge in [0.05, 0.1) is 0 Å². The third kappa shape index (κ3) is 4.93. The van der Waals surface area contributed by atoms with E-state index in [1.807, 2.05) is 23.1 Å². The zero-order valence-corrected chi connectivity index (χ0v) is 18.3. The van der Waals surface area contributed by atoms with E-state index in [-0.39, 0.29) is 0 Å². The van der Waals surface area contributed by atoms with E-state index in [1.54, 1.807) is 11.8 Å². The predicted molar refractivity (Wildman–Crippen MR) is 122 cm³/mol. The van der Waals surface area contributed by atoms with Gasteiger partial charge in [0.25, 0.3) is 0 Å². The Labute approximate surface area is 182 Å². The molecule has 0 atom stereocenters. The van der Waals surface area contributed by atoms with E-state index in [0.29, 0.717) is 12.3 Å². The van der Waals surface area contributed by atoms with Gasteiger partial charge in [-0.05, 0) is 44.7 Å². The fraction of sp³-hybridized carbons (Fsp3) is 0.375. The largest absolute Gasteiger partial charge is 0.343 e. The fourth-order valence-electron chi connectivity index (χ4n) is 3.73. The van der Waals surface area contributed by atoms with Crippen LogP contribution in [0.25, 0.3) is 17.1 Å². The summed E-state index contributed by atoms with van der Waals surface area (Å²) in [6.07, 6.45) is 4.87. The van der Waals surface area contributed by atoms with Crippen LogP contribution in [0.2, 0.25) is 0 Å². The number of aromatic nitrogens is 3. The minimum atomic E-state index is 0.312. The highest BCUT2D eigenvalue weighted by Gasteiger charge is 2.18. The van der Waals surface area contributed by atoms with Crippen molar-refractivity contribution in [2.45, 2.75) is 44.2 Å². The van der Waals surface area contributed by atoms with E-state index in [9.17, 15) is 4.79 Å². The first-order valence-corrected chi connectivity index (χ1v) is 11.7. The predicted octanol–water partition coefficient (Wildman–Crippen LogP) is 5.13. The number of likely N-dealkylation sites (tertiary alicyclic amines) is 1. The summed E-state index contributed by atoms with van der Waals surface area (Å²) in [5.41, 5.74) is 3.34. The molecule has 0 saturated carbocycles. The van der Waals surface area contributed by atoms with Crippen molar-refractivity contribution >= 4 is 17.7 Å². The Morgan fingerprint density at radius 2 is 1.70 bits per heavy atom. The number of hydrogen-bond donors (Lipinski definition) is 0. The molecule has 0 N–H and O–H groups in total. The van der Waals surface area contributed by atoms with Crippen LogP contribution >= 0.6 is 11.8 Å². The van der Waals surface area contributed by atoms with Gasteiger partial charge in [-0.25, -0.2) is 0 Å². The van der Waals surface area contributed by atoms with Crippen LogP contribution in [-0.4, -0.2) is 44.4 Å². The van der Waals surface area contributed by atoms with Gasteiger partial charge in [0.2, 0.25) is 5.91 Å². The molecule has 1 aliphatic heterocycles. The first kappa shape index (κ1) is 20.7. The maximum atomic E-state index is 12.2. The summed E-state index contributed by atoms with van der Waals surface area (Å²) < 4.78 is 2.13. The van der Waals surface area contributed by atoms with Crippen molar-refractivity contribution in [3.63, 3.8) is 0 Å². The molecule has 0 spiro atoms. The molecule has 0 aliphatic carbocycles. The molecule has 2 aromatic carbocycles. The van der Waals surface area contributed by atoms with Crippen molar-refractivity contribution in [1.29, 1.82) is 0 Å². The van der Waals surface area contributed by atoms with E-state index in [4.69, 9.17) is 0 Å². The highest BCUT2D eigenvalue weighted by molar-refractivity contribution is 7.99. The monoisotopic (exact) mass is 420 g/mol. The molecule has 1 saturated heterocycles. The first-order valence-electron chi connectivity index (χ1n) is 10.7. The maximum Gasteiger partial charge on any atom is 0.222 e. The highest BCUT2D eigenvalue weighted by atomic mass is 32.2. The molecular formula is C24H28N4OS. The van der Waals surface area contributed by atoms with Crippen molar-refractivity contribution in [2.75, 3.05) is 18.8 Å². The molecule has 2 heterocycles. The standard InChI is InChI=1S/C24H28N4OS/c1-19-12-14-20(15-13-19)23-25-26-24(28(23)21-9-3-2-4-10-21)30-18-8-5-11-22(29)27-16-6-7-17-27/h2-4,9-10,12-15H,5-8,11,16-18H2,1H3. The molecule has 5 nitrogen and oxygen atoms in total. The Morgan fingerprint density at radius 3 is 2.43 bits per heavy atom. The lowest BCUT2D eigenvalue weighted by atomic mass is 10.1. The van der Waals surface area contributed by atoms with Crippen LogP contribution in [0.1, 0.15) is 37.7 Å². The van der Waals surface area contributed by atoms with E-state index in [2.05, 4.69) is 58.1 Å². The molecule has 6 heteroatoms. The Bertz CT molecular complexity index is 963. The van der Waals surface area contributed by atoms with Gasteiger partial charge in [0.15, 0.2) is 11.0 Å². The Morgan fingerprint density at radius 1 is 0.967 bits per heavy atom. The minimum Gasteiger partial charge on any atom is -0.343 e. The number of amides is 1. The highest BCUT2D eigenvalue weighted by Crippen LogP contribution is 2.28. The van der Waals surface area contributed by atoms with E-state index in [1.165, 1.54) is 5.56 Å². The summed E-state index contributed by atoms with van der Waals surface area (Å²) in [4.78, 5) is 14.2. The quantitative estimate of drug-likeness (QED) is 0.375. The summed E-state index contributed by atoms with van der Waals surface area (Å²) in [5, 5.41) is 9.88. The van der Waals surface area contributed by atoms with Crippen LogP contribution in [0.3, 0.4) is 0 Å².